The van der Waals surface area contributed by atoms with Crippen molar-refractivity contribution in [1.82, 2.24) is 15.3 Å². The number of benzene rings is 2. The van der Waals surface area contributed by atoms with Gasteiger partial charge in [0, 0.05) is 28.6 Å². The van der Waals surface area contributed by atoms with Crippen LogP contribution in [0.15, 0.2) is 70.8 Å². The van der Waals surface area contributed by atoms with Crippen molar-refractivity contribution in [2.45, 2.75) is 12.8 Å². The summed E-state index contributed by atoms with van der Waals surface area (Å²) < 4.78 is 0. The van der Waals surface area contributed by atoms with Crippen LogP contribution < -0.4 is 10.9 Å². The summed E-state index contributed by atoms with van der Waals surface area (Å²) >= 11 is 1.53. The molecular formula is C22H19N3O2S. The Morgan fingerprint density at radius 3 is 2.71 bits per heavy atom. The molecule has 0 fully saturated rings. The van der Waals surface area contributed by atoms with Crippen molar-refractivity contribution in [2.75, 3.05) is 6.54 Å². The van der Waals surface area contributed by atoms with E-state index in [1.54, 1.807) is 0 Å². The molecule has 5 nitrogen and oxygen atoms in total. The predicted octanol–water partition coefficient (Wildman–Crippen LogP) is 3.55. The normalized spacial score (nSPS) is 10.9. The number of H-pyrrole nitrogens is 1. The number of pyridine rings is 1. The molecule has 140 valence electrons. The lowest BCUT2D eigenvalue weighted by Gasteiger charge is -2.05. The van der Waals surface area contributed by atoms with Crippen LogP contribution in [-0.4, -0.2) is 22.4 Å². The van der Waals surface area contributed by atoms with E-state index in [9.17, 15) is 9.59 Å². The van der Waals surface area contributed by atoms with E-state index >= 15 is 0 Å². The zero-order chi connectivity index (χ0) is 19.3. The number of hydrogen-bond donors (Lipinski definition) is 2. The van der Waals surface area contributed by atoms with E-state index in [1.165, 1.54) is 11.3 Å². The van der Waals surface area contributed by atoms with Gasteiger partial charge in [0.05, 0.1) is 12.1 Å². The second kappa shape index (κ2) is 8.19. The van der Waals surface area contributed by atoms with Crippen molar-refractivity contribution in [3.05, 3.63) is 87.7 Å². The highest BCUT2D eigenvalue weighted by atomic mass is 32.1. The van der Waals surface area contributed by atoms with Crippen molar-refractivity contribution >= 4 is 28.1 Å². The third-order valence-corrected chi connectivity index (χ3v) is 5.40. The summed E-state index contributed by atoms with van der Waals surface area (Å²) in [4.78, 5) is 31.8. The first kappa shape index (κ1) is 18.1. The van der Waals surface area contributed by atoms with Crippen LogP contribution in [0.25, 0.3) is 21.5 Å². The minimum Gasteiger partial charge on any atom is -0.355 e. The van der Waals surface area contributed by atoms with Crippen LogP contribution in [0.1, 0.15) is 11.3 Å². The van der Waals surface area contributed by atoms with E-state index in [1.807, 2.05) is 66.0 Å². The van der Waals surface area contributed by atoms with Gasteiger partial charge in [-0.3, -0.25) is 9.59 Å². The van der Waals surface area contributed by atoms with Crippen LogP contribution >= 0.6 is 11.3 Å². The molecular weight excluding hydrogens is 370 g/mol. The minimum atomic E-state index is -0.111. The van der Waals surface area contributed by atoms with E-state index in [0.717, 1.165) is 27.2 Å². The molecule has 6 heteroatoms. The molecule has 0 saturated heterocycles. The number of hydrogen-bond acceptors (Lipinski definition) is 4. The zero-order valence-corrected chi connectivity index (χ0v) is 16.0. The smallest absolute Gasteiger partial charge is 0.251 e. The van der Waals surface area contributed by atoms with Gasteiger partial charge in [-0.15, -0.1) is 11.3 Å². The third-order valence-electron chi connectivity index (χ3n) is 4.46. The van der Waals surface area contributed by atoms with E-state index in [-0.39, 0.29) is 17.9 Å². The van der Waals surface area contributed by atoms with Crippen molar-refractivity contribution in [1.29, 1.82) is 0 Å². The average Bonchev–Trinajstić information content (AvgIpc) is 3.17. The van der Waals surface area contributed by atoms with Gasteiger partial charge < -0.3 is 10.3 Å². The quantitative estimate of drug-likeness (QED) is 0.530. The molecule has 2 aromatic carbocycles. The number of carbonyl (C=O) groups excluding carboxylic acids is 1. The number of fused-ring (bicyclic) bond motifs is 1. The molecule has 4 aromatic rings. The summed E-state index contributed by atoms with van der Waals surface area (Å²) in [6, 6.07) is 19.4. The molecule has 4 rings (SSSR count). The van der Waals surface area contributed by atoms with E-state index in [2.05, 4.69) is 15.3 Å². The highest BCUT2D eigenvalue weighted by Gasteiger charge is 2.09. The first-order valence-corrected chi connectivity index (χ1v) is 9.94. The maximum absolute atomic E-state index is 12.2. The summed E-state index contributed by atoms with van der Waals surface area (Å²) in [6.07, 6.45) is 0.718. The number of nitrogens with zero attached hydrogens (tertiary/aromatic N) is 1. The fourth-order valence-electron chi connectivity index (χ4n) is 3.04. The Balaban J connectivity index is 1.33. The van der Waals surface area contributed by atoms with Crippen LogP contribution in [0.2, 0.25) is 0 Å². The molecule has 0 bridgehead atoms. The van der Waals surface area contributed by atoms with Crippen molar-refractivity contribution in [2.24, 2.45) is 0 Å². The van der Waals surface area contributed by atoms with Gasteiger partial charge in [0.25, 0.3) is 5.56 Å². The summed E-state index contributed by atoms with van der Waals surface area (Å²) in [5.74, 6) is -0.0953. The molecule has 0 saturated carbocycles. The summed E-state index contributed by atoms with van der Waals surface area (Å²) in [6.45, 7) is 0.413. The van der Waals surface area contributed by atoms with Crippen molar-refractivity contribution < 1.29 is 4.79 Å². The minimum absolute atomic E-state index is 0.0953. The van der Waals surface area contributed by atoms with Gasteiger partial charge in [-0.2, -0.15) is 0 Å². The third kappa shape index (κ3) is 4.18. The van der Waals surface area contributed by atoms with Gasteiger partial charge in [0.15, 0.2) is 0 Å². The Kier molecular flexibility index (Phi) is 5.30. The zero-order valence-electron chi connectivity index (χ0n) is 15.1. The first-order valence-electron chi connectivity index (χ1n) is 9.06. The van der Waals surface area contributed by atoms with Crippen molar-refractivity contribution in [3.63, 3.8) is 0 Å². The maximum atomic E-state index is 12.2. The van der Waals surface area contributed by atoms with E-state index < -0.39 is 0 Å². The molecule has 28 heavy (non-hydrogen) atoms. The molecule has 0 unspecified atom stereocenters. The van der Waals surface area contributed by atoms with Gasteiger partial charge in [0.2, 0.25) is 5.91 Å². The fourth-order valence-corrected chi connectivity index (χ4v) is 3.87. The molecule has 0 atom stereocenters. The van der Waals surface area contributed by atoms with Crippen LogP contribution in [0.5, 0.6) is 0 Å². The van der Waals surface area contributed by atoms with Crippen LogP contribution in [0.3, 0.4) is 0 Å². The van der Waals surface area contributed by atoms with E-state index in [0.29, 0.717) is 18.5 Å². The Bertz CT molecular complexity index is 1170. The summed E-state index contributed by atoms with van der Waals surface area (Å²) in [5.41, 5.74) is 3.18. The summed E-state index contributed by atoms with van der Waals surface area (Å²) in [5, 5.41) is 6.68. The molecule has 2 aromatic heterocycles. The number of amides is 1. The van der Waals surface area contributed by atoms with Crippen LogP contribution in [0, 0.1) is 0 Å². The molecule has 2 N–H and O–H groups in total. The number of aromatic nitrogens is 2. The molecule has 0 aliphatic carbocycles. The van der Waals surface area contributed by atoms with Gasteiger partial charge in [-0.25, -0.2) is 4.98 Å². The van der Waals surface area contributed by atoms with Crippen LogP contribution in [0.4, 0.5) is 0 Å². The molecule has 0 radical (unpaired) electrons. The highest BCUT2D eigenvalue weighted by Crippen LogP contribution is 2.23. The lowest BCUT2D eigenvalue weighted by atomic mass is 10.1. The lowest BCUT2D eigenvalue weighted by molar-refractivity contribution is -0.120. The Morgan fingerprint density at radius 1 is 1.07 bits per heavy atom. The number of aromatic amines is 1. The van der Waals surface area contributed by atoms with E-state index in [4.69, 9.17) is 0 Å². The Morgan fingerprint density at radius 2 is 1.86 bits per heavy atom. The average molecular weight is 389 g/mol. The molecule has 0 spiro atoms. The predicted molar refractivity (Wildman–Crippen MR) is 113 cm³/mol. The maximum Gasteiger partial charge on any atom is 0.251 e. The van der Waals surface area contributed by atoms with Gasteiger partial charge in [-0.05, 0) is 23.9 Å². The topological polar surface area (TPSA) is 74.8 Å². The van der Waals surface area contributed by atoms with Crippen molar-refractivity contribution in [3.8, 4) is 10.6 Å². The second-order valence-corrected chi connectivity index (χ2v) is 7.36. The largest absolute Gasteiger partial charge is 0.355 e. The molecule has 0 aliphatic rings. The van der Waals surface area contributed by atoms with Gasteiger partial charge >= 0.3 is 0 Å². The van der Waals surface area contributed by atoms with Crippen LogP contribution in [-0.2, 0) is 17.6 Å². The number of thiazole rings is 1. The van der Waals surface area contributed by atoms with Gasteiger partial charge in [-0.1, -0.05) is 48.5 Å². The second-order valence-electron chi connectivity index (χ2n) is 6.50. The molecule has 0 aliphatic heterocycles. The first-order chi connectivity index (χ1) is 13.7. The Labute approximate surface area is 166 Å². The fraction of sp³-hybridized carbons (Fsp3) is 0.136. The number of nitrogens with one attached hydrogen (secondary N) is 2. The Hall–Kier alpha value is -3.25. The standard InChI is InChI=1S/C22H19N3O2S/c26-20(13-18-14-28-22(24-18)15-6-2-1-3-7-15)23-11-10-17-12-16-8-4-5-9-19(16)25-21(17)27/h1-9,12,14H,10-11,13H2,(H,23,26)(H,25,27). The molecule has 2 heterocycles. The summed E-state index contributed by atoms with van der Waals surface area (Å²) in [7, 11) is 0. The number of para-hydroxylation sites is 1. The monoisotopic (exact) mass is 389 g/mol. The highest BCUT2D eigenvalue weighted by molar-refractivity contribution is 7.13. The SMILES string of the molecule is O=C(Cc1csc(-c2ccccc2)n1)NCCc1cc2ccccc2[nH]c1=O. The number of rotatable bonds is 6. The van der Waals surface area contributed by atoms with Gasteiger partial charge in [0.1, 0.15) is 5.01 Å². The molecule has 1 amide bonds. The lowest BCUT2D eigenvalue weighted by Crippen LogP contribution is -2.28. The number of carbonyl (C=O) groups is 1.